The van der Waals surface area contributed by atoms with Crippen LogP contribution in [0, 0.1) is 12.3 Å². The number of amidine groups is 3. The van der Waals surface area contributed by atoms with Gasteiger partial charge in [-0.15, -0.1) is 0 Å². The SMILES string of the molecule is CCOc1cc(/C=C2/C(=N)N3C(SC)=NSC3=NC2=O)ccc1OCCOc1cccc(C)c1. The van der Waals surface area contributed by atoms with Crippen molar-refractivity contribution >= 4 is 51.9 Å². The number of hydrogen-bond acceptors (Lipinski definition) is 8. The fraction of sp³-hybridized carbons (Fsp3) is 0.250. The first kappa shape index (κ1) is 23.9. The quantitative estimate of drug-likeness (QED) is 0.319. The van der Waals surface area contributed by atoms with Crippen LogP contribution in [0.25, 0.3) is 6.08 Å². The lowest BCUT2D eigenvalue weighted by molar-refractivity contribution is -0.114. The van der Waals surface area contributed by atoms with Crippen molar-refractivity contribution in [2.24, 2.45) is 9.39 Å². The van der Waals surface area contributed by atoms with Gasteiger partial charge in [-0.05, 0) is 61.6 Å². The summed E-state index contributed by atoms with van der Waals surface area (Å²) in [6.07, 6.45) is 3.51. The number of carbonyl (C=O) groups is 1. The molecule has 0 bridgehead atoms. The van der Waals surface area contributed by atoms with Crippen LogP contribution in [0.15, 0.2) is 57.4 Å². The molecule has 2 aromatic carbocycles. The summed E-state index contributed by atoms with van der Waals surface area (Å²) < 4.78 is 21.6. The number of thioether (sulfide) groups is 1. The second-order valence-electron chi connectivity index (χ2n) is 7.26. The molecule has 2 aliphatic heterocycles. The topological polar surface area (TPSA) is 96.6 Å². The molecular weight excluding hydrogens is 472 g/mol. The standard InChI is InChI=1S/C24H24N4O4S2/c1-4-30-20-14-16(8-9-19(20)32-11-10-31-17-7-5-6-15(2)12-17)13-18-21(25)28-23(26-22(18)29)34-27-24(28)33-3/h5-9,12-14,25H,4,10-11H2,1-3H3/b18-13-,25-21?. The highest BCUT2D eigenvalue weighted by molar-refractivity contribution is 8.18. The second-order valence-corrected chi connectivity index (χ2v) is 8.77. The molecule has 2 heterocycles. The monoisotopic (exact) mass is 496 g/mol. The lowest BCUT2D eigenvalue weighted by Crippen LogP contribution is -2.41. The Labute approximate surface area is 206 Å². The number of aryl methyl sites for hydroxylation is 1. The van der Waals surface area contributed by atoms with Crippen LogP contribution in [0.2, 0.25) is 0 Å². The first-order chi connectivity index (χ1) is 16.5. The number of rotatable bonds is 8. The molecule has 1 amide bonds. The fourth-order valence-electron chi connectivity index (χ4n) is 3.32. The van der Waals surface area contributed by atoms with Gasteiger partial charge in [0, 0.05) is 0 Å². The van der Waals surface area contributed by atoms with Crippen LogP contribution in [0.1, 0.15) is 18.1 Å². The minimum atomic E-state index is -0.465. The molecule has 10 heteroatoms. The minimum Gasteiger partial charge on any atom is -0.490 e. The van der Waals surface area contributed by atoms with Crippen molar-refractivity contribution in [3.05, 3.63) is 59.2 Å². The van der Waals surface area contributed by atoms with Gasteiger partial charge in [0.1, 0.15) is 24.8 Å². The highest BCUT2D eigenvalue weighted by Crippen LogP contribution is 2.33. The predicted octanol–water partition coefficient (Wildman–Crippen LogP) is 4.79. The molecule has 176 valence electrons. The van der Waals surface area contributed by atoms with E-state index >= 15 is 0 Å². The molecule has 2 aliphatic rings. The van der Waals surface area contributed by atoms with Crippen molar-refractivity contribution in [1.29, 1.82) is 5.41 Å². The van der Waals surface area contributed by atoms with Gasteiger partial charge in [-0.1, -0.05) is 30.0 Å². The Hall–Kier alpha value is -3.24. The Morgan fingerprint density at radius 2 is 1.94 bits per heavy atom. The zero-order valence-electron chi connectivity index (χ0n) is 19.0. The number of carbonyl (C=O) groups excluding carboxylic acids is 1. The third-order valence-corrected chi connectivity index (χ3v) is 6.31. The van der Waals surface area contributed by atoms with Crippen molar-refractivity contribution in [1.82, 2.24) is 4.90 Å². The Morgan fingerprint density at radius 3 is 2.71 bits per heavy atom. The maximum absolute atomic E-state index is 12.6. The number of nitrogens with one attached hydrogen (secondary N) is 1. The average molecular weight is 497 g/mol. The average Bonchev–Trinajstić information content (AvgIpc) is 3.23. The molecule has 2 aromatic rings. The molecule has 4 rings (SSSR count). The Kier molecular flexibility index (Phi) is 7.59. The zero-order valence-corrected chi connectivity index (χ0v) is 20.7. The van der Waals surface area contributed by atoms with E-state index < -0.39 is 5.91 Å². The van der Waals surface area contributed by atoms with Crippen molar-refractivity contribution in [3.63, 3.8) is 0 Å². The maximum Gasteiger partial charge on any atom is 0.283 e. The fourth-order valence-corrected chi connectivity index (χ4v) is 4.77. The number of nitrogens with zero attached hydrogens (tertiary/aromatic N) is 3. The van der Waals surface area contributed by atoms with Gasteiger partial charge in [-0.3, -0.25) is 10.2 Å². The summed E-state index contributed by atoms with van der Waals surface area (Å²) >= 11 is 2.50. The minimum absolute atomic E-state index is 0.0553. The number of amides is 1. The van der Waals surface area contributed by atoms with E-state index in [-0.39, 0.29) is 11.4 Å². The van der Waals surface area contributed by atoms with E-state index in [1.165, 1.54) is 11.8 Å². The molecule has 0 saturated heterocycles. The van der Waals surface area contributed by atoms with E-state index in [0.29, 0.717) is 47.2 Å². The lowest BCUT2D eigenvalue weighted by atomic mass is 10.1. The van der Waals surface area contributed by atoms with E-state index in [1.54, 1.807) is 23.1 Å². The van der Waals surface area contributed by atoms with Crippen LogP contribution < -0.4 is 14.2 Å². The van der Waals surface area contributed by atoms with Gasteiger partial charge in [0.05, 0.1) is 24.1 Å². The summed E-state index contributed by atoms with van der Waals surface area (Å²) in [6, 6.07) is 13.2. The number of hydrogen-bond donors (Lipinski definition) is 1. The van der Waals surface area contributed by atoms with Gasteiger partial charge in [0.25, 0.3) is 5.91 Å². The molecule has 0 saturated carbocycles. The van der Waals surface area contributed by atoms with Crippen LogP contribution >= 0.6 is 23.7 Å². The number of aliphatic imine (C=N–C) groups is 1. The molecule has 1 N–H and O–H groups in total. The van der Waals surface area contributed by atoms with E-state index in [9.17, 15) is 4.79 Å². The number of ether oxygens (including phenoxy) is 3. The summed E-state index contributed by atoms with van der Waals surface area (Å²) in [5.74, 6) is 1.52. The van der Waals surface area contributed by atoms with Gasteiger partial charge < -0.3 is 14.2 Å². The van der Waals surface area contributed by atoms with Crippen LogP contribution in [-0.2, 0) is 4.79 Å². The predicted molar refractivity (Wildman–Crippen MR) is 138 cm³/mol. The summed E-state index contributed by atoms with van der Waals surface area (Å²) in [7, 11) is 0. The number of fused-ring (bicyclic) bond motifs is 1. The van der Waals surface area contributed by atoms with Crippen molar-refractivity contribution < 1.29 is 19.0 Å². The van der Waals surface area contributed by atoms with E-state index in [1.807, 2.05) is 50.4 Å². The van der Waals surface area contributed by atoms with Crippen LogP contribution in [0.3, 0.4) is 0 Å². The van der Waals surface area contributed by atoms with E-state index in [0.717, 1.165) is 23.3 Å². The van der Waals surface area contributed by atoms with Gasteiger partial charge in [0.2, 0.25) is 5.17 Å². The van der Waals surface area contributed by atoms with Gasteiger partial charge in [-0.2, -0.15) is 9.39 Å². The molecular formula is C24H24N4O4S2. The summed E-state index contributed by atoms with van der Waals surface area (Å²) in [5, 5.41) is 9.57. The molecule has 0 unspecified atom stereocenters. The zero-order chi connectivity index (χ0) is 24.1. The third kappa shape index (κ3) is 5.28. The smallest absolute Gasteiger partial charge is 0.283 e. The normalized spacial score (nSPS) is 16.3. The Bertz CT molecular complexity index is 1210. The lowest BCUT2D eigenvalue weighted by Gasteiger charge is -2.23. The van der Waals surface area contributed by atoms with Crippen molar-refractivity contribution in [2.45, 2.75) is 13.8 Å². The Morgan fingerprint density at radius 1 is 1.12 bits per heavy atom. The first-order valence-corrected chi connectivity index (χ1v) is 12.6. The van der Waals surface area contributed by atoms with E-state index in [2.05, 4.69) is 9.39 Å². The highest BCUT2D eigenvalue weighted by Gasteiger charge is 2.37. The van der Waals surface area contributed by atoms with Crippen LogP contribution in [0.4, 0.5) is 0 Å². The molecule has 8 nitrogen and oxygen atoms in total. The summed E-state index contributed by atoms with van der Waals surface area (Å²) in [4.78, 5) is 18.2. The molecule has 34 heavy (non-hydrogen) atoms. The van der Waals surface area contributed by atoms with Crippen LogP contribution in [-0.4, -0.2) is 53.1 Å². The van der Waals surface area contributed by atoms with Gasteiger partial charge >= 0.3 is 0 Å². The van der Waals surface area contributed by atoms with Crippen LogP contribution in [0.5, 0.6) is 17.2 Å². The molecule has 0 radical (unpaired) electrons. The summed E-state index contributed by atoms with van der Waals surface area (Å²) in [5.41, 5.74) is 2.03. The molecule has 0 aliphatic carbocycles. The highest BCUT2D eigenvalue weighted by atomic mass is 32.2. The van der Waals surface area contributed by atoms with Gasteiger partial charge in [0.15, 0.2) is 16.7 Å². The molecule has 0 spiro atoms. The number of benzene rings is 2. The molecule has 0 aromatic heterocycles. The van der Waals surface area contributed by atoms with Crippen molar-refractivity contribution in [3.8, 4) is 17.2 Å². The van der Waals surface area contributed by atoms with Gasteiger partial charge in [-0.25, -0.2) is 4.90 Å². The third-order valence-electron chi connectivity index (χ3n) is 4.85. The first-order valence-electron chi connectivity index (χ1n) is 10.6. The maximum atomic E-state index is 12.6. The largest absolute Gasteiger partial charge is 0.490 e. The second kappa shape index (κ2) is 10.8. The van der Waals surface area contributed by atoms with Crippen molar-refractivity contribution in [2.75, 3.05) is 26.1 Å². The molecule has 0 atom stereocenters. The Balaban J connectivity index is 1.47. The summed E-state index contributed by atoms with van der Waals surface area (Å²) in [6.45, 7) is 5.10. The molecule has 0 fully saturated rings. The van der Waals surface area contributed by atoms with E-state index in [4.69, 9.17) is 19.6 Å².